The molecule has 0 saturated carbocycles. The van der Waals surface area contributed by atoms with Crippen LogP contribution in [0.3, 0.4) is 0 Å². The molecule has 0 fully saturated rings. The van der Waals surface area contributed by atoms with Gasteiger partial charge in [0.2, 0.25) is 0 Å². The number of hydrogen-bond acceptors (Lipinski definition) is 8. The van der Waals surface area contributed by atoms with Crippen molar-refractivity contribution < 1.29 is 14.5 Å². The number of carbonyl (C=O) groups is 1. The number of carbonyl (C=O) groups excluding carboxylic acids is 1. The van der Waals surface area contributed by atoms with Crippen LogP contribution in [0.25, 0.3) is 20.3 Å². The summed E-state index contributed by atoms with van der Waals surface area (Å²) in [6, 6.07) is 13.9. The van der Waals surface area contributed by atoms with E-state index >= 15 is 0 Å². The first-order chi connectivity index (χ1) is 16.4. The molecule has 0 unspecified atom stereocenters. The molecule has 0 N–H and O–H groups in total. The third-order valence-electron chi connectivity index (χ3n) is 5.37. The maximum absolute atomic E-state index is 13.8. The lowest BCUT2D eigenvalue weighted by molar-refractivity contribution is -0.384. The molecule has 5 rings (SSSR count). The number of ether oxygens (including phenoxy) is 1. The Morgan fingerprint density at radius 2 is 2.03 bits per heavy atom. The second-order valence-corrected chi connectivity index (χ2v) is 9.66. The van der Waals surface area contributed by atoms with Crippen molar-refractivity contribution in [1.29, 1.82) is 0 Å². The normalized spacial score (nSPS) is 11.1. The van der Waals surface area contributed by atoms with Gasteiger partial charge in [-0.25, -0.2) is 4.98 Å². The Balaban J connectivity index is 1.61. The van der Waals surface area contributed by atoms with E-state index in [1.807, 2.05) is 31.2 Å². The number of methoxy groups -OCH3 is 1. The number of thiophene rings is 1. The Labute approximate surface area is 202 Å². The molecule has 3 aromatic heterocycles. The molecule has 3 heterocycles. The fourth-order valence-corrected chi connectivity index (χ4v) is 5.70. The Hall–Kier alpha value is -3.89. The number of nitrogens with zero attached hydrogens (tertiary/aromatic N) is 4. The highest BCUT2D eigenvalue weighted by Gasteiger charge is 2.25. The number of aryl methyl sites for hydroxylation is 1. The average Bonchev–Trinajstić information content (AvgIpc) is 3.48. The lowest BCUT2D eigenvalue weighted by Crippen LogP contribution is -2.29. The number of nitro groups is 1. The van der Waals surface area contributed by atoms with Crippen molar-refractivity contribution in [2.75, 3.05) is 12.0 Å². The van der Waals surface area contributed by atoms with Crippen LogP contribution in [0.5, 0.6) is 5.75 Å². The van der Waals surface area contributed by atoms with Gasteiger partial charge in [-0.3, -0.25) is 24.8 Å². The van der Waals surface area contributed by atoms with E-state index in [2.05, 4.69) is 4.98 Å². The van der Waals surface area contributed by atoms with Crippen molar-refractivity contribution in [3.05, 3.63) is 87.0 Å². The fourth-order valence-electron chi connectivity index (χ4n) is 3.66. The van der Waals surface area contributed by atoms with Crippen LogP contribution >= 0.6 is 22.7 Å². The summed E-state index contributed by atoms with van der Waals surface area (Å²) in [5.74, 6) is 0.412. The number of rotatable bonds is 6. The van der Waals surface area contributed by atoms with Gasteiger partial charge in [0.05, 0.1) is 28.2 Å². The molecule has 34 heavy (non-hydrogen) atoms. The predicted molar refractivity (Wildman–Crippen MR) is 134 cm³/mol. The van der Waals surface area contributed by atoms with Crippen molar-refractivity contribution >= 4 is 59.7 Å². The topological polar surface area (TPSA) is 98.5 Å². The Bertz CT molecular complexity index is 1550. The zero-order chi connectivity index (χ0) is 23.8. The summed E-state index contributed by atoms with van der Waals surface area (Å²) in [5, 5.41) is 12.4. The lowest BCUT2D eigenvalue weighted by Gasteiger charge is -2.19. The Morgan fingerprint density at radius 1 is 1.18 bits per heavy atom. The zero-order valence-electron chi connectivity index (χ0n) is 18.2. The summed E-state index contributed by atoms with van der Waals surface area (Å²) in [6.07, 6.45) is 3.40. The van der Waals surface area contributed by atoms with E-state index in [0.717, 1.165) is 20.5 Å². The zero-order valence-corrected chi connectivity index (χ0v) is 19.9. The van der Waals surface area contributed by atoms with E-state index in [1.54, 1.807) is 36.5 Å². The number of amides is 1. The van der Waals surface area contributed by atoms with Gasteiger partial charge in [-0.2, -0.15) is 0 Å². The predicted octanol–water partition coefficient (Wildman–Crippen LogP) is 5.98. The highest BCUT2D eigenvalue weighted by molar-refractivity contribution is 7.23. The molecule has 170 valence electrons. The van der Waals surface area contributed by atoms with Crippen LogP contribution in [0.15, 0.2) is 60.9 Å². The van der Waals surface area contributed by atoms with Crippen LogP contribution in [0.2, 0.25) is 0 Å². The number of aromatic nitrogens is 2. The van der Waals surface area contributed by atoms with Gasteiger partial charge in [-0.05, 0) is 42.3 Å². The molecule has 0 atom stereocenters. The standard InChI is InChI=1S/C24H18N4O4S2/c1-14-5-7-18(32-2)21-22(14)34-24(26-21)27(13-15-4-3-9-25-12-15)23(29)20-11-16-10-17(28(30)31)6-8-19(16)33-20/h3-12H,13H2,1-2H3. The molecular formula is C24H18N4O4S2. The fraction of sp³-hybridized carbons (Fsp3) is 0.125. The molecule has 5 aromatic rings. The van der Waals surface area contributed by atoms with Crippen LogP contribution in [0.1, 0.15) is 20.8 Å². The van der Waals surface area contributed by atoms with Gasteiger partial charge in [-0.15, -0.1) is 11.3 Å². The van der Waals surface area contributed by atoms with Crippen LogP contribution in [-0.4, -0.2) is 27.9 Å². The number of anilines is 1. The van der Waals surface area contributed by atoms with Crippen molar-refractivity contribution in [1.82, 2.24) is 9.97 Å². The van der Waals surface area contributed by atoms with Crippen molar-refractivity contribution in [2.24, 2.45) is 0 Å². The first-order valence-electron chi connectivity index (χ1n) is 10.3. The Kier molecular flexibility index (Phi) is 5.68. The largest absolute Gasteiger partial charge is 0.494 e. The summed E-state index contributed by atoms with van der Waals surface area (Å²) in [6.45, 7) is 2.28. The second-order valence-electron chi connectivity index (χ2n) is 7.60. The van der Waals surface area contributed by atoms with Gasteiger partial charge in [-0.1, -0.05) is 23.5 Å². The van der Waals surface area contributed by atoms with Crippen LogP contribution in [-0.2, 0) is 6.54 Å². The monoisotopic (exact) mass is 490 g/mol. The molecule has 1 amide bonds. The van der Waals surface area contributed by atoms with Gasteiger partial charge in [0, 0.05) is 34.6 Å². The number of benzene rings is 2. The Morgan fingerprint density at radius 3 is 2.76 bits per heavy atom. The SMILES string of the molecule is COc1ccc(C)c2sc(N(Cc3cccnc3)C(=O)c3cc4cc([N+](=O)[O-])ccc4s3)nc12. The van der Waals surface area contributed by atoms with Crippen LogP contribution in [0, 0.1) is 17.0 Å². The molecule has 0 bridgehead atoms. The molecular weight excluding hydrogens is 472 g/mol. The van der Waals surface area contributed by atoms with E-state index in [1.165, 1.54) is 34.8 Å². The number of fused-ring (bicyclic) bond motifs is 2. The third kappa shape index (κ3) is 3.97. The van der Waals surface area contributed by atoms with Gasteiger partial charge in [0.1, 0.15) is 11.3 Å². The van der Waals surface area contributed by atoms with Crippen molar-refractivity contribution in [2.45, 2.75) is 13.5 Å². The minimum atomic E-state index is -0.440. The average molecular weight is 491 g/mol. The van der Waals surface area contributed by atoms with E-state index < -0.39 is 4.92 Å². The quantitative estimate of drug-likeness (QED) is 0.215. The van der Waals surface area contributed by atoms with Crippen LogP contribution < -0.4 is 9.64 Å². The second kappa shape index (κ2) is 8.81. The molecule has 8 nitrogen and oxygen atoms in total. The van der Waals surface area contributed by atoms with Gasteiger partial charge < -0.3 is 4.74 Å². The number of thiazole rings is 1. The first kappa shape index (κ1) is 21.9. The van der Waals surface area contributed by atoms with E-state index in [4.69, 9.17) is 9.72 Å². The summed E-state index contributed by atoms with van der Waals surface area (Å²) < 4.78 is 7.24. The minimum Gasteiger partial charge on any atom is -0.494 e. The summed E-state index contributed by atoms with van der Waals surface area (Å²) in [4.78, 5) is 35.5. The summed E-state index contributed by atoms with van der Waals surface area (Å²) >= 11 is 2.73. The lowest BCUT2D eigenvalue weighted by atomic mass is 10.2. The first-order valence-corrected chi connectivity index (χ1v) is 11.9. The molecule has 0 aliphatic rings. The molecule has 0 aliphatic carbocycles. The molecule has 10 heteroatoms. The number of nitro benzene ring substituents is 1. The van der Waals surface area contributed by atoms with E-state index in [0.29, 0.717) is 26.7 Å². The van der Waals surface area contributed by atoms with E-state index in [9.17, 15) is 14.9 Å². The van der Waals surface area contributed by atoms with Gasteiger partial charge >= 0.3 is 0 Å². The number of non-ortho nitro benzene ring substituents is 1. The molecule has 0 aliphatic heterocycles. The van der Waals surface area contributed by atoms with Crippen molar-refractivity contribution in [3.8, 4) is 5.75 Å². The van der Waals surface area contributed by atoms with Crippen LogP contribution in [0.4, 0.5) is 10.8 Å². The highest BCUT2D eigenvalue weighted by atomic mass is 32.1. The van der Waals surface area contributed by atoms with Gasteiger partial charge in [0.15, 0.2) is 5.13 Å². The molecule has 0 saturated heterocycles. The third-order valence-corrected chi connectivity index (χ3v) is 7.69. The smallest absolute Gasteiger partial charge is 0.270 e. The van der Waals surface area contributed by atoms with E-state index in [-0.39, 0.29) is 18.1 Å². The number of hydrogen-bond donors (Lipinski definition) is 0. The number of pyridine rings is 1. The maximum Gasteiger partial charge on any atom is 0.270 e. The molecule has 0 radical (unpaired) electrons. The molecule has 2 aromatic carbocycles. The molecule has 0 spiro atoms. The summed E-state index contributed by atoms with van der Waals surface area (Å²) in [5.41, 5.74) is 2.60. The van der Waals surface area contributed by atoms with Crippen molar-refractivity contribution in [3.63, 3.8) is 0 Å². The summed E-state index contributed by atoms with van der Waals surface area (Å²) in [7, 11) is 1.60. The van der Waals surface area contributed by atoms with Gasteiger partial charge in [0.25, 0.3) is 11.6 Å². The maximum atomic E-state index is 13.8. The minimum absolute atomic E-state index is 0.00902. The highest BCUT2D eigenvalue weighted by Crippen LogP contribution is 2.38.